The molecule has 0 fully saturated rings. The van der Waals surface area contributed by atoms with E-state index in [2.05, 4.69) is 60.0 Å². The van der Waals surface area contributed by atoms with Gasteiger partial charge in [0.2, 0.25) is 0 Å². The van der Waals surface area contributed by atoms with E-state index in [-0.39, 0.29) is 9.52 Å². The Hall–Kier alpha value is -1.54. The zero-order valence-corrected chi connectivity index (χ0v) is 18.7. The van der Waals surface area contributed by atoms with Gasteiger partial charge >= 0.3 is 0 Å². The third-order valence-corrected chi connectivity index (χ3v) is 7.92. The summed E-state index contributed by atoms with van der Waals surface area (Å²) >= 11 is 0. The van der Waals surface area contributed by atoms with E-state index in [0.717, 1.165) is 6.54 Å². The second-order valence-corrected chi connectivity index (χ2v) is 10.2. The molecule has 2 aromatic carbocycles. The van der Waals surface area contributed by atoms with E-state index in [0.29, 0.717) is 0 Å². The Kier molecular flexibility index (Phi) is 8.48. The molecule has 0 N–H and O–H groups in total. The summed E-state index contributed by atoms with van der Waals surface area (Å²) in [5.41, 5.74) is 2.80. The van der Waals surface area contributed by atoms with Crippen molar-refractivity contribution in [2.75, 3.05) is 0 Å². The highest BCUT2D eigenvalue weighted by Gasteiger charge is 2.08. The average molecular weight is 380 g/mol. The molecule has 0 saturated heterocycles. The quantitative estimate of drug-likeness (QED) is 0.216. The minimum atomic E-state index is 0.218. The lowest BCUT2D eigenvalue weighted by atomic mass is 10.1. The fourth-order valence-corrected chi connectivity index (χ4v) is 6.12. The number of benzene rings is 2. The van der Waals surface area contributed by atoms with Crippen molar-refractivity contribution in [2.45, 2.75) is 83.3 Å². The lowest BCUT2D eigenvalue weighted by molar-refractivity contribution is 0.619. The summed E-state index contributed by atoms with van der Waals surface area (Å²) < 4.78 is 2.54. The molecule has 0 amide bonds. The van der Waals surface area contributed by atoms with Crippen molar-refractivity contribution in [1.29, 1.82) is 0 Å². The zero-order chi connectivity index (χ0) is 18.7. The number of aryl methyl sites for hydroxylation is 1. The maximum absolute atomic E-state index is 2.54. The van der Waals surface area contributed by atoms with Crippen LogP contribution in [0.15, 0.2) is 48.5 Å². The van der Waals surface area contributed by atoms with E-state index in [1.54, 1.807) is 12.1 Å². The van der Waals surface area contributed by atoms with E-state index < -0.39 is 0 Å². The van der Waals surface area contributed by atoms with Crippen molar-refractivity contribution in [3.05, 3.63) is 48.5 Å². The highest BCUT2D eigenvalue weighted by Crippen LogP contribution is 2.29. The molecule has 0 spiro atoms. The van der Waals surface area contributed by atoms with Crippen LogP contribution in [0.5, 0.6) is 0 Å². The van der Waals surface area contributed by atoms with Crippen LogP contribution in [0.4, 0.5) is 0 Å². The Balaban J connectivity index is 1.36. The Bertz CT molecular complexity index is 751. The van der Waals surface area contributed by atoms with Gasteiger partial charge in [0.15, 0.2) is 0 Å². The summed E-state index contributed by atoms with van der Waals surface area (Å²) in [6, 6.07) is 20.9. The molecule has 3 aromatic rings. The number of nitrogens with zero attached hydrogens (tertiary/aromatic N) is 1. The molecule has 0 saturated carbocycles. The van der Waals surface area contributed by atoms with Crippen LogP contribution in [0.25, 0.3) is 21.8 Å². The van der Waals surface area contributed by atoms with E-state index in [4.69, 9.17) is 0 Å². The summed E-state index contributed by atoms with van der Waals surface area (Å²) in [6.45, 7) is 3.46. The first-order valence-corrected chi connectivity index (χ1v) is 13.4. The monoisotopic (exact) mass is 379 g/mol. The summed E-state index contributed by atoms with van der Waals surface area (Å²) in [7, 11) is 0.218. The van der Waals surface area contributed by atoms with Crippen LogP contribution in [0, 0.1) is 0 Å². The van der Waals surface area contributed by atoms with E-state index >= 15 is 0 Å². The topological polar surface area (TPSA) is 4.93 Å². The van der Waals surface area contributed by atoms with Crippen molar-refractivity contribution < 1.29 is 0 Å². The third kappa shape index (κ3) is 5.71. The number of aromatic nitrogens is 1. The Labute approximate surface area is 168 Å². The third-order valence-electron chi connectivity index (χ3n) is 5.92. The highest BCUT2D eigenvalue weighted by molar-refractivity contribution is 6.35. The molecule has 0 aliphatic heterocycles. The number of hydrogen-bond acceptors (Lipinski definition) is 0. The van der Waals surface area contributed by atoms with E-state index in [9.17, 15) is 0 Å². The first-order valence-electron chi connectivity index (χ1n) is 11.4. The standard InChI is InChI=1S/C25H37NSi/c1-2-3-4-5-6-13-20-27-21-14-7-12-19-26-24-17-10-8-15-22(24)23-16-9-11-18-25(23)26/h8-11,15-18H,2-7,12-14,19-21,27H2,1H3. The molecule has 146 valence electrons. The van der Waals surface area contributed by atoms with Gasteiger partial charge < -0.3 is 4.57 Å². The normalized spacial score (nSPS) is 12.0. The van der Waals surface area contributed by atoms with E-state index in [1.807, 2.05) is 0 Å². The smallest absolute Gasteiger partial charge is 0.0491 e. The van der Waals surface area contributed by atoms with Gasteiger partial charge in [0, 0.05) is 37.9 Å². The van der Waals surface area contributed by atoms with Crippen molar-refractivity contribution in [2.24, 2.45) is 0 Å². The molecule has 27 heavy (non-hydrogen) atoms. The molecule has 1 heterocycles. The van der Waals surface area contributed by atoms with Gasteiger partial charge in [0.1, 0.15) is 0 Å². The van der Waals surface area contributed by atoms with Crippen molar-refractivity contribution in [3.8, 4) is 0 Å². The molecule has 1 aromatic heterocycles. The van der Waals surface area contributed by atoms with Gasteiger partial charge in [-0.25, -0.2) is 0 Å². The van der Waals surface area contributed by atoms with Gasteiger partial charge in [0.25, 0.3) is 0 Å². The number of fused-ring (bicyclic) bond motifs is 3. The zero-order valence-electron chi connectivity index (χ0n) is 17.3. The van der Waals surface area contributed by atoms with Crippen molar-refractivity contribution in [3.63, 3.8) is 0 Å². The van der Waals surface area contributed by atoms with Gasteiger partial charge in [-0.2, -0.15) is 0 Å². The van der Waals surface area contributed by atoms with Crippen LogP contribution in [-0.4, -0.2) is 14.1 Å². The van der Waals surface area contributed by atoms with Gasteiger partial charge in [0.05, 0.1) is 0 Å². The first kappa shape index (κ1) is 20.2. The Morgan fingerprint density at radius 1 is 0.630 bits per heavy atom. The molecular weight excluding hydrogens is 342 g/mol. The first-order chi connectivity index (χ1) is 13.4. The maximum Gasteiger partial charge on any atom is 0.0491 e. The fraction of sp³-hybridized carbons (Fsp3) is 0.520. The average Bonchev–Trinajstić information content (AvgIpc) is 3.03. The van der Waals surface area contributed by atoms with Crippen LogP contribution in [-0.2, 0) is 6.54 Å². The number of hydrogen-bond donors (Lipinski definition) is 0. The summed E-state index contributed by atoms with van der Waals surface area (Å²) in [4.78, 5) is 0. The Morgan fingerprint density at radius 2 is 1.15 bits per heavy atom. The number of unbranched alkanes of at least 4 members (excludes halogenated alkanes) is 7. The van der Waals surface area contributed by atoms with Crippen LogP contribution in [0.3, 0.4) is 0 Å². The summed E-state index contributed by atoms with van der Waals surface area (Å²) in [5, 5.41) is 2.80. The molecule has 1 nitrogen and oxygen atoms in total. The molecule has 0 unspecified atom stereocenters. The lowest BCUT2D eigenvalue weighted by Gasteiger charge is -2.07. The molecule has 2 heteroatoms. The van der Waals surface area contributed by atoms with Gasteiger partial charge in [-0.15, -0.1) is 0 Å². The molecular formula is C25H37NSi. The highest BCUT2D eigenvalue weighted by atomic mass is 28.2. The van der Waals surface area contributed by atoms with Gasteiger partial charge in [-0.1, -0.05) is 107 Å². The molecule has 0 aliphatic carbocycles. The SMILES string of the molecule is CCCCCCCC[SiH2]CCCCCn1c2ccccc2c2ccccc21. The second-order valence-electron chi connectivity index (χ2n) is 8.08. The minimum Gasteiger partial charge on any atom is -0.340 e. The lowest BCUT2D eigenvalue weighted by Crippen LogP contribution is -1.98. The van der Waals surface area contributed by atoms with Gasteiger partial charge in [-0.3, -0.25) is 0 Å². The van der Waals surface area contributed by atoms with Crippen LogP contribution in [0.1, 0.15) is 64.7 Å². The molecule has 0 radical (unpaired) electrons. The van der Waals surface area contributed by atoms with Crippen LogP contribution < -0.4 is 0 Å². The molecule has 0 bridgehead atoms. The van der Waals surface area contributed by atoms with Gasteiger partial charge in [-0.05, 0) is 18.6 Å². The molecule has 0 aliphatic rings. The van der Waals surface area contributed by atoms with Crippen LogP contribution >= 0.6 is 0 Å². The van der Waals surface area contributed by atoms with E-state index in [1.165, 1.54) is 79.6 Å². The maximum atomic E-state index is 2.54. The largest absolute Gasteiger partial charge is 0.340 e. The predicted octanol–water partition coefficient (Wildman–Crippen LogP) is 7.33. The second kappa shape index (κ2) is 11.3. The molecule has 3 rings (SSSR count). The van der Waals surface area contributed by atoms with Crippen molar-refractivity contribution in [1.82, 2.24) is 4.57 Å². The fourth-order valence-electron chi connectivity index (χ4n) is 4.36. The number of rotatable bonds is 13. The summed E-state index contributed by atoms with van der Waals surface area (Å²) in [5.74, 6) is 0. The predicted molar refractivity (Wildman–Crippen MR) is 125 cm³/mol. The Morgan fingerprint density at radius 3 is 1.78 bits per heavy atom. The summed E-state index contributed by atoms with van der Waals surface area (Å²) in [6.07, 6.45) is 12.9. The minimum absolute atomic E-state index is 0.218. The molecule has 0 atom stereocenters. The van der Waals surface area contributed by atoms with Crippen LogP contribution in [0.2, 0.25) is 12.1 Å². The number of para-hydroxylation sites is 2. The van der Waals surface area contributed by atoms with Crippen molar-refractivity contribution >= 4 is 31.3 Å².